The van der Waals surface area contributed by atoms with Crippen molar-refractivity contribution < 1.29 is 4.74 Å². The number of benzene rings is 1. The maximum absolute atomic E-state index is 8.91. The Morgan fingerprint density at radius 1 is 1.44 bits per heavy atom. The molecule has 0 atom stereocenters. The van der Waals surface area contributed by atoms with E-state index in [0.717, 1.165) is 16.6 Å². The molecule has 98 valence electrons. The normalized spacial score (nSPS) is 11.1. The number of rotatable bonds is 6. The molecule has 0 heterocycles. The quantitative estimate of drug-likeness (QED) is 0.877. The van der Waals surface area contributed by atoms with Gasteiger partial charge in [-0.1, -0.05) is 6.07 Å². The largest absolute Gasteiger partial charge is 0.492 e. The molecule has 1 rings (SSSR count). The first-order valence-electron chi connectivity index (χ1n) is 6.01. The van der Waals surface area contributed by atoms with Gasteiger partial charge in [0, 0.05) is 0 Å². The van der Waals surface area contributed by atoms with Gasteiger partial charge in [0.05, 0.1) is 22.6 Å². The topological polar surface area (TPSA) is 59.0 Å². The molecule has 0 radical (unpaired) electrons. The summed E-state index contributed by atoms with van der Waals surface area (Å²) in [5.41, 5.74) is 6.36. The first-order valence-corrected chi connectivity index (χ1v) is 6.80. The minimum Gasteiger partial charge on any atom is -0.492 e. The molecule has 3 nitrogen and oxygen atoms in total. The Kier molecular flexibility index (Phi) is 5.64. The van der Waals surface area contributed by atoms with Crippen molar-refractivity contribution >= 4 is 15.9 Å². The zero-order chi connectivity index (χ0) is 13.6. The van der Waals surface area contributed by atoms with Crippen molar-refractivity contribution in [2.75, 3.05) is 13.2 Å². The van der Waals surface area contributed by atoms with Crippen molar-refractivity contribution in [2.24, 2.45) is 11.1 Å². The van der Waals surface area contributed by atoms with E-state index in [1.54, 1.807) is 0 Å². The first-order chi connectivity index (χ1) is 8.48. The van der Waals surface area contributed by atoms with Gasteiger partial charge in [-0.2, -0.15) is 5.26 Å². The van der Waals surface area contributed by atoms with E-state index in [4.69, 9.17) is 15.7 Å². The zero-order valence-electron chi connectivity index (χ0n) is 10.9. The molecule has 0 aliphatic carbocycles. The number of nitrogens with two attached hydrogens (primary N) is 1. The third kappa shape index (κ3) is 4.67. The minimum atomic E-state index is -0.341. The molecule has 4 heteroatoms. The lowest BCUT2D eigenvalue weighted by Gasteiger charge is -2.16. The highest BCUT2D eigenvalue weighted by Gasteiger charge is 2.16. The number of nitrogens with zero attached hydrogens (tertiary/aromatic N) is 1. The van der Waals surface area contributed by atoms with Crippen LogP contribution in [-0.2, 0) is 6.42 Å². The fraction of sp³-hybridized carbons (Fsp3) is 0.500. The van der Waals surface area contributed by atoms with Crippen molar-refractivity contribution in [1.82, 2.24) is 0 Å². The molecule has 0 aromatic heterocycles. The van der Waals surface area contributed by atoms with Gasteiger partial charge in [0.2, 0.25) is 0 Å². The summed E-state index contributed by atoms with van der Waals surface area (Å²) in [5.74, 6) is 0.810. The van der Waals surface area contributed by atoms with Crippen molar-refractivity contribution in [1.29, 1.82) is 5.26 Å². The monoisotopic (exact) mass is 310 g/mol. The van der Waals surface area contributed by atoms with E-state index < -0.39 is 0 Å². The van der Waals surface area contributed by atoms with E-state index in [9.17, 15) is 0 Å². The Morgan fingerprint density at radius 2 is 2.17 bits per heavy atom. The molecule has 0 amide bonds. The molecule has 0 aliphatic heterocycles. The fourth-order valence-corrected chi connectivity index (χ4v) is 2.00. The van der Waals surface area contributed by atoms with Crippen LogP contribution in [-0.4, -0.2) is 13.2 Å². The summed E-state index contributed by atoms with van der Waals surface area (Å²) in [7, 11) is 0. The third-order valence-electron chi connectivity index (χ3n) is 2.72. The van der Waals surface area contributed by atoms with Crippen LogP contribution < -0.4 is 10.5 Å². The van der Waals surface area contributed by atoms with Gasteiger partial charge in [-0.3, -0.25) is 0 Å². The summed E-state index contributed by atoms with van der Waals surface area (Å²) in [4.78, 5) is 0. The van der Waals surface area contributed by atoms with Crippen molar-refractivity contribution in [3.63, 3.8) is 0 Å². The summed E-state index contributed by atoms with van der Waals surface area (Å²) in [6.07, 6.45) is 1.57. The molecule has 0 saturated carbocycles. The SMILES string of the molecule is CC(C)(C#N)CCOc1ccc(CCN)cc1Br. The summed E-state index contributed by atoms with van der Waals surface area (Å²) < 4.78 is 6.61. The predicted molar refractivity (Wildman–Crippen MR) is 76.4 cm³/mol. The Morgan fingerprint density at radius 3 is 2.72 bits per heavy atom. The van der Waals surface area contributed by atoms with Crippen LogP contribution in [0.4, 0.5) is 0 Å². The molecule has 0 unspecified atom stereocenters. The van der Waals surface area contributed by atoms with Gasteiger partial charge in [0.25, 0.3) is 0 Å². The molecule has 0 saturated heterocycles. The molecule has 0 fully saturated rings. The maximum Gasteiger partial charge on any atom is 0.133 e. The van der Waals surface area contributed by atoms with Crippen LogP contribution >= 0.6 is 15.9 Å². The van der Waals surface area contributed by atoms with Gasteiger partial charge in [0.1, 0.15) is 5.75 Å². The Hall–Kier alpha value is -1.05. The Balaban J connectivity index is 2.56. The van der Waals surface area contributed by atoms with Crippen LogP contribution in [0.2, 0.25) is 0 Å². The summed E-state index contributed by atoms with van der Waals surface area (Å²) in [5, 5.41) is 8.91. The lowest BCUT2D eigenvalue weighted by molar-refractivity contribution is 0.263. The Bertz CT molecular complexity index is 438. The molecule has 18 heavy (non-hydrogen) atoms. The molecule has 0 bridgehead atoms. The Labute approximate surface area is 117 Å². The predicted octanol–water partition coefficient (Wildman–Crippen LogP) is 3.27. The lowest BCUT2D eigenvalue weighted by Crippen LogP contribution is -2.13. The fourth-order valence-electron chi connectivity index (χ4n) is 1.46. The minimum absolute atomic E-state index is 0.341. The van der Waals surface area contributed by atoms with E-state index in [2.05, 4.69) is 22.0 Å². The maximum atomic E-state index is 8.91. The molecule has 0 spiro atoms. The van der Waals surface area contributed by atoms with Crippen LogP contribution in [0.15, 0.2) is 22.7 Å². The zero-order valence-corrected chi connectivity index (χ0v) is 12.5. The van der Waals surface area contributed by atoms with E-state index in [0.29, 0.717) is 19.6 Å². The third-order valence-corrected chi connectivity index (χ3v) is 3.34. The van der Waals surface area contributed by atoms with Crippen LogP contribution in [0.5, 0.6) is 5.75 Å². The first kappa shape index (κ1) is 15.0. The van der Waals surface area contributed by atoms with Gasteiger partial charge < -0.3 is 10.5 Å². The second-order valence-electron chi connectivity index (χ2n) is 4.90. The molecule has 1 aromatic carbocycles. The van der Waals surface area contributed by atoms with Crippen LogP contribution in [0.25, 0.3) is 0 Å². The van der Waals surface area contributed by atoms with Crippen molar-refractivity contribution in [3.8, 4) is 11.8 Å². The van der Waals surface area contributed by atoms with Gasteiger partial charge in [-0.15, -0.1) is 0 Å². The number of halogens is 1. The van der Waals surface area contributed by atoms with Crippen LogP contribution in [0.3, 0.4) is 0 Å². The average molecular weight is 311 g/mol. The standard InChI is InChI=1S/C14H19BrN2O/c1-14(2,10-17)6-8-18-13-4-3-11(5-7-16)9-12(13)15/h3-4,9H,5-8,16H2,1-2H3. The van der Waals surface area contributed by atoms with Gasteiger partial charge in [0.15, 0.2) is 0 Å². The van der Waals surface area contributed by atoms with Crippen LogP contribution in [0.1, 0.15) is 25.8 Å². The average Bonchev–Trinajstić information content (AvgIpc) is 2.32. The van der Waals surface area contributed by atoms with Gasteiger partial charge in [-0.05, 0) is 66.9 Å². The molecular weight excluding hydrogens is 292 g/mol. The highest BCUT2D eigenvalue weighted by atomic mass is 79.9. The summed E-state index contributed by atoms with van der Waals surface area (Å²) in [6, 6.07) is 8.24. The van der Waals surface area contributed by atoms with E-state index in [1.807, 2.05) is 32.0 Å². The summed E-state index contributed by atoms with van der Waals surface area (Å²) in [6.45, 7) is 5.00. The second-order valence-corrected chi connectivity index (χ2v) is 5.75. The van der Waals surface area contributed by atoms with Crippen molar-refractivity contribution in [2.45, 2.75) is 26.7 Å². The number of ether oxygens (including phenoxy) is 1. The molecule has 0 aliphatic rings. The van der Waals surface area contributed by atoms with E-state index >= 15 is 0 Å². The van der Waals surface area contributed by atoms with Gasteiger partial charge >= 0.3 is 0 Å². The van der Waals surface area contributed by atoms with E-state index in [1.165, 1.54) is 5.56 Å². The highest BCUT2D eigenvalue weighted by molar-refractivity contribution is 9.10. The number of nitriles is 1. The van der Waals surface area contributed by atoms with Crippen LogP contribution in [0, 0.1) is 16.7 Å². The van der Waals surface area contributed by atoms with E-state index in [-0.39, 0.29) is 5.41 Å². The van der Waals surface area contributed by atoms with Crippen molar-refractivity contribution in [3.05, 3.63) is 28.2 Å². The lowest BCUT2D eigenvalue weighted by atomic mass is 9.92. The molecule has 2 N–H and O–H groups in total. The summed E-state index contributed by atoms with van der Waals surface area (Å²) >= 11 is 3.48. The molecule has 1 aromatic rings. The second kappa shape index (κ2) is 6.77. The highest BCUT2D eigenvalue weighted by Crippen LogP contribution is 2.27. The molecular formula is C14H19BrN2O. The van der Waals surface area contributed by atoms with Gasteiger partial charge in [-0.25, -0.2) is 0 Å². The number of hydrogen-bond donors (Lipinski definition) is 1. The number of hydrogen-bond acceptors (Lipinski definition) is 3. The smallest absolute Gasteiger partial charge is 0.133 e.